The van der Waals surface area contributed by atoms with E-state index in [1.807, 2.05) is 0 Å². The summed E-state index contributed by atoms with van der Waals surface area (Å²) in [5, 5.41) is 9.09. The van der Waals surface area contributed by atoms with E-state index < -0.39 is 21.5 Å². The van der Waals surface area contributed by atoms with Gasteiger partial charge >= 0.3 is 5.97 Å². The maximum Gasteiger partial charge on any atom is 0.339 e. The van der Waals surface area contributed by atoms with Crippen LogP contribution in [0.1, 0.15) is 24.2 Å². The highest BCUT2D eigenvalue weighted by atomic mass is 32.2. The highest BCUT2D eigenvalue weighted by Gasteiger charge is 2.27. The quantitative estimate of drug-likeness (QED) is 0.780. The normalized spacial score (nSPS) is 12.2. The Morgan fingerprint density at radius 1 is 1.33 bits per heavy atom. The zero-order valence-corrected chi connectivity index (χ0v) is 13.2. The number of hydrogen-bond acceptors (Lipinski definition) is 5. The smallest absolute Gasteiger partial charge is 0.339 e. The van der Waals surface area contributed by atoms with Gasteiger partial charge in [-0.1, -0.05) is 0 Å². The summed E-state index contributed by atoms with van der Waals surface area (Å²) < 4.78 is 36.9. The summed E-state index contributed by atoms with van der Waals surface area (Å²) in [4.78, 5) is 11.0. The number of aromatic carboxylic acids is 1. The van der Waals surface area contributed by atoms with Crippen LogP contribution in [-0.4, -0.2) is 45.9 Å². The van der Waals surface area contributed by atoms with Crippen molar-refractivity contribution in [1.82, 2.24) is 4.72 Å². The number of sulfonamides is 1. The fourth-order valence-electron chi connectivity index (χ4n) is 1.83. The van der Waals surface area contributed by atoms with Crippen LogP contribution >= 0.6 is 0 Å². The molecule has 0 saturated heterocycles. The molecule has 0 radical (unpaired) electrons. The van der Waals surface area contributed by atoms with Crippen LogP contribution in [0.3, 0.4) is 0 Å². The molecule has 0 aliphatic heterocycles. The number of hydrogen-bond donors (Lipinski definition) is 2. The lowest BCUT2D eigenvalue weighted by molar-refractivity contribution is 0.0693. The number of methoxy groups -OCH3 is 2. The monoisotopic (exact) mass is 317 g/mol. The number of rotatable bonds is 7. The van der Waals surface area contributed by atoms with Crippen LogP contribution < -0.4 is 9.46 Å². The summed E-state index contributed by atoms with van der Waals surface area (Å²) in [7, 11) is -1.09. The molecular formula is C13H19NO6S. The maximum atomic E-state index is 12.3. The minimum absolute atomic E-state index is 0.0950. The topological polar surface area (TPSA) is 102 Å². The van der Waals surface area contributed by atoms with Crippen LogP contribution in [0.5, 0.6) is 5.75 Å². The highest BCUT2D eigenvalue weighted by Crippen LogP contribution is 2.23. The van der Waals surface area contributed by atoms with Crippen LogP contribution in [0.15, 0.2) is 23.1 Å². The molecule has 21 heavy (non-hydrogen) atoms. The molecule has 1 rings (SSSR count). The van der Waals surface area contributed by atoms with Gasteiger partial charge < -0.3 is 14.6 Å². The molecule has 0 saturated carbocycles. The molecular weight excluding hydrogens is 298 g/mol. The number of carbonyl (C=O) groups is 1. The summed E-state index contributed by atoms with van der Waals surface area (Å²) in [6.07, 6.45) is 0. The molecule has 7 nitrogen and oxygen atoms in total. The highest BCUT2D eigenvalue weighted by molar-refractivity contribution is 7.89. The lowest BCUT2D eigenvalue weighted by Crippen LogP contribution is -2.46. The lowest BCUT2D eigenvalue weighted by atomic mass is 10.1. The molecule has 0 amide bonds. The van der Waals surface area contributed by atoms with Crippen molar-refractivity contribution >= 4 is 16.0 Å². The van der Waals surface area contributed by atoms with Gasteiger partial charge in [-0.05, 0) is 32.0 Å². The SMILES string of the molecule is COCC(C)(C)NS(=O)(=O)c1ccc(OC)c(C(=O)O)c1. The van der Waals surface area contributed by atoms with E-state index in [0.717, 1.165) is 6.07 Å². The average molecular weight is 317 g/mol. The third-order valence-corrected chi connectivity index (χ3v) is 4.32. The van der Waals surface area contributed by atoms with Crippen LogP contribution in [0.25, 0.3) is 0 Å². The first-order chi connectivity index (χ1) is 9.63. The molecule has 8 heteroatoms. The van der Waals surface area contributed by atoms with Crippen LogP contribution in [-0.2, 0) is 14.8 Å². The Hall–Kier alpha value is -1.64. The van der Waals surface area contributed by atoms with Crippen LogP contribution in [0.4, 0.5) is 0 Å². The van der Waals surface area contributed by atoms with Crippen molar-refractivity contribution in [3.05, 3.63) is 23.8 Å². The van der Waals surface area contributed by atoms with Gasteiger partial charge in [0.2, 0.25) is 10.0 Å². The second kappa shape index (κ2) is 6.42. The molecule has 0 heterocycles. The van der Waals surface area contributed by atoms with Crippen molar-refractivity contribution in [2.75, 3.05) is 20.8 Å². The predicted molar refractivity (Wildman–Crippen MR) is 76.2 cm³/mol. The molecule has 0 atom stereocenters. The van der Waals surface area contributed by atoms with Gasteiger partial charge in [0.15, 0.2) is 0 Å². The molecule has 0 spiro atoms. The Labute approximate surface area is 123 Å². The molecule has 118 valence electrons. The number of carboxylic acids is 1. The maximum absolute atomic E-state index is 12.3. The Morgan fingerprint density at radius 3 is 2.43 bits per heavy atom. The van der Waals surface area contributed by atoms with E-state index in [1.54, 1.807) is 13.8 Å². The summed E-state index contributed by atoms with van der Waals surface area (Å²) in [6.45, 7) is 3.50. The van der Waals surface area contributed by atoms with Crippen molar-refractivity contribution < 1.29 is 27.8 Å². The van der Waals surface area contributed by atoms with E-state index in [0.29, 0.717) is 0 Å². The van der Waals surface area contributed by atoms with E-state index in [4.69, 9.17) is 14.6 Å². The molecule has 1 aromatic rings. The number of benzene rings is 1. The molecule has 0 unspecified atom stereocenters. The molecule has 0 bridgehead atoms. The first-order valence-corrected chi connectivity index (χ1v) is 7.55. The van der Waals surface area contributed by atoms with Crippen molar-refractivity contribution in [2.24, 2.45) is 0 Å². The fourth-order valence-corrected chi connectivity index (χ4v) is 3.26. The van der Waals surface area contributed by atoms with Gasteiger partial charge in [0, 0.05) is 7.11 Å². The lowest BCUT2D eigenvalue weighted by Gasteiger charge is -2.25. The predicted octanol–water partition coefficient (Wildman–Crippen LogP) is 1.10. The summed E-state index contributed by atoms with van der Waals surface area (Å²) in [5.74, 6) is -1.17. The van der Waals surface area contributed by atoms with E-state index >= 15 is 0 Å². The second-order valence-corrected chi connectivity index (χ2v) is 6.77. The van der Waals surface area contributed by atoms with E-state index in [1.165, 1.54) is 26.4 Å². The van der Waals surface area contributed by atoms with E-state index in [2.05, 4.69) is 4.72 Å². The number of ether oxygens (including phenoxy) is 2. The van der Waals surface area contributed by atoms with Gasteiger partial charge in [-0.2, -0.15) is 0 Å². The largest absolute Gasteiger partial charge is 0.496 e. The van der Waals surface area contributed by atoms with Gasteiger partial charge in [-0.15, -0.1) is 0 Å². The molecule has 0 aromatic heterocycles. The van der Waals surface area contributed by atoms with E-state index in [-0.39, 0.29) is 22.8 Å². The van der Waals surface area contributed by atoms with Crippen molar-refractivity contribution in [2.45, 2.75) is 24.3 Å². The molecule has 2 N–H and O–H groups in total. The minimum atomic E-state index is -3.87. The Bertz CT molecular complexity index is 624. The second-order valence-electron chi connectivity index (χ2n) is 5.09. The first-order valence-electron chi connectivity index (χ1n) is 6.07. The summed E-state index contributed by atoms with van der Waals surface area (Å²) in [5.41, 5.74) is -1.04. The van der Waals surface area contributed by atoms with Gasteiger partial charge in [0.25, 0.3) is 0 Å². The molecule has 1 aromatic carbocycles. The van der Waals surface area contributed by atoms with Crippen LogP contribution in [0, 0.1) is 0 Å². The van der Waals surface area contributed by atoms with Gasteiger partial charge in [-0.3, -0.25) is 0 Å². The summed E-state index contributed by atoms with van der Waals surface area (Å²) >= 11 is 0. The fraction of sp³-hybridized carbons (Fsp3) is 0.462. The third kappa shape index (κ3) is 4.42. The van der Waals surface area contributed by atoms with Crippen molar-refractivity contribution in [1.29, 1.82) is 0 Å². The van der Waals surface area contributed by atoms with Gasteiger partial charge in [-0.25, -0.2) is 17.9 Å². The molecule has 0 aliphatic carbocycles. The average Bonchev–Trinajstić information content (AvgIpc) is 2.36. The Balaban J connectivity index is 3.21. The number of carboxylic acid groups (broad SMARTS) is 1. The standard InChI is InChI=1S/C13H19NO6S/c1-13(2,8-19-3)14-21(17,18)9-5-6-11(20-4)10(7-9)12(15)16/h5-7,14H,8H2,1-4H3,(H,15,16). The van der Waals surface area contributed by atoms with Gasteiger partial charge in [0.05, 0.1) is 24.2 Å². The zero-order chi connectivity index (χ0) is 16.3. The molecule has 0 aliphatic rings. The van der Waals surface area contributed by atoms with Crippen molar-refractivity contribution in [3.8, 4) is 5.75 Å². The summed E-state index contributed by atoms with van der Waals surface area (Å²) in [6, 6.07) is 3.66. The minimum Gasteiger partial charge on any atom is -0.496 e. The number of nitrogens with one attached hydrogen (secondary N) is 1. The Morgan fingerprint density at radius 2 is 1.95 bits per heavy atom. The zero-order valence-electron chi connectivity index (χ0n) is 12.3. The van der Waals surface area contributed by atoms with E-state index in [9.17, 15) is 13.2 Å². The third-order valence-electron chi connectivity index (χ3n) is 2.63. The van der Waals surface area contributed by atoms with Crippen LogP contribution in [0.2, 0.25) is 0 Å². The van der Waals surface area contributed by atoms with Crippen molar-refractivity contribution in [3.63, 3.8) is 0 Å². The molecule has 0 fully saturated rings. The van der Waals surface area contributed by atoms with Gasteiger partial charge in [0.1, 0.15) is 11.3 Å². The first kappa shape index (κ1) is 17.4. The Kier molecular flexibility index (Phi) is 5.32.